The number of hydrogen-bond acceptors (Lipinski definition) is 3. The first-order valence-corrected chi connectivity index (χ1v) is 6.03. The van der Waals surface area contributed by atoms with E-state index in [1.54, 1.807) is 24.3 Å². The van der Waals surface area contributed by atoms with Gasteiger partial charge in [0, 0.05) is 12.2 Å². The molecule has 0 atom stereocenters. The monoisotopic (exact) mass is 267 g/mol. The fourth-order valence-corrected chi connectivity index (χ4v) is 1.84. The molecule has 4 heteroatoms. The molecule has 0 fully saturated rings. The topological polar surface area (TPSA) is 59.6 Å². The molecule has 0 aliphatic carbocycles. The second kappa shape index (κ2) is 5.91. The molecule has 19 heavy (non-hydrogen) atoms. The third-order valence-electron chi connectivity index (χ3n) is 2.67. The van der Waals surface area contributed by atoms with Crippen LogP contribution in [0.2, 0.25) is 5.02 Å². The fourth-order valence-electron chi connectivity index (χ4n) is 1.62. The maximum absolute atomic E-state index is 8.79. The maximum Gasteiger partial charge on any atom is 0.101 e. The Kier molecular flexibility index (Phi) is 4.03. The minimum Gasteiger partial charge on any atom is -0.381 e. The fraction of sp³-hybridized carbons (Fsp3) is 0.0667. The van der Waals surface area contributed by atoms with Crippen LogP contribution in [0.1, 0.15) is 16.7 Å². The van der Waals surface area contributed by atoms with Gasteiger partial charge in [0.25, 0.3) is 0 Å². The molecule has 0 aliphatic heterocycles. The summed E-state index contributed by atoms with van der Waals surface area (Å²) in [6.45, 7) is 0.633. The predicted octanol–water partition coefficient (Wildman–Crippen LogP) is 3.70. The van der Waals surface area contributed by atoms with Crippen LogP contribution in [0.15, 0.2) is 42.5 Å². The minimum atomic E-state index is 0.437. The van der Waals surface area contributed by atoms with Gasteiger partial charge in [-0.05, 0) is 35.9 Å². The second-order valence-corrected chi connectivity index (χ2v) is 4.38. The summed E-state index contributed by atoms with van der Waals surface area (Å²) < 4.78 is 0. The van der Waals surface area contributed by atoms with E-state index in [4.69, 9.17) is 22.1 Å². The largest absolute Gasteiger partial charge is 0.381 e. The number of rotatable bonds is 3. The van der Waals surface area contributed by atoms with Crippen LogP contribution in [0.3, 0.4) is 0 Å². The van der Waals surface area contributed by atoms with Crippen molar-refractivity contribution in [3.8, 4) is 12.1 Å². The van der Waals surface area contributed by atoms with Crippen molar-refractivity contribution < 1.29 is 0 Å². The predicted molar refractivity (Wildman–Crippen MR) is 74.7 cm³/mol. The van der Waals surface area contributed by atoms with E-state index < -0.39 is 0 Å². The Morgan fingerprint density at radius 1 is 1.00 bits per heavy atom. The van der Waals surface area contributed by atoms with E-state index in [1.165, 1.54) is 0 Å². The first kappa shape index (κ1) is 13.0. The normalized spacial score (nSPS) is 9.42. The van der Waals surface area contributed by atoms with E-state index in [2.05, 4.69) is 11.4 Å². The van der Waals surface area contributed by atoms with Crippen LogP contribution < -0.4 is 5.32 Å². The van der Waals surface area contributed by atoms with Gasteiger partial charge in [0.1, 0.15) is 6.07 Å². The SMILES string of the molecule is N#Cc1ccc(CNc2ccc(C#N)c(Cl)c2)cc1. The molecular weight excluding hydrogens is 258 g/mol. The van der Waals surface area contributed by atoms with Crippen molar-refractivity contribution >= 4 is 17.3 Å². The average Bonchev–Trinajstić information content (AvgIpc) is 2.46. The van der Waals surface area contributed by atoms with Gasteiger partial charge in [-0.25, -0.2) is 0 Å². The number of nitrogens with zero attached hydrogens (tertiary/aromatic N) is 2. The third-order valence-corrected chi connectivity index (χ3v) is 2.98. The van der Waals surface area contributed by atoms with Crippen LogP contribution in [0.25, 0.3) is 0 Å². The molecular formula is C15H10ClN3. The summed E-state index contributed by atoms with van der Waals surface area (Å²) in [4.78, 5) is 0. The van der Waals surface area contributed by atoms with Gasteiger partial charge in [-0.1, -0.05) is 23.7 Å². The molecule has 0 radical (unpaired) electrons. The Balaban J connectivity index is 2.04. The smallest absolute Gasteiger partial charge is 0.101 e. The van der Waals surface area contributed by atoms with E-state index >= 15 is 0 Å². The van der Waals surface area contributed by atoms with Crippen LogP contribution in [-0.2, 0) is 6.54 Å². The number of nitriles is 2. The van der Waals surface area contributed by atoms with Crippen molar-refractivity contribution in [2.45, 2.75) is 6.54 Å². The standard InChI is InChI=1S/C15H10ClN3/c16-15-7-14(6-5-13(15)9-18)19-10-12-3-1-11(8-17)2-4-12/h1-7,19H,10H2. The van der Waals surface area contributed by atoms with Gasteiger partial charge in [-0.15, -0.1) is 0 Å². The lowest BCUT2D eigenvalue weighted by Crippen LogP contribution is -1.99. The molecule has 0 bridgehead atoms. The van der Waals surface area contributed by atoms with E-state index in [1.807, 2.05) is 24.3 Å². The van der Waals surface area contributed by atoms with Crippen molar-refractivity contribution in [3.63, 3.8) is 0 Å². The lowest BCUT2D eigenvalue weighted by Gasteiger charge is -2.07. The average molecular weight is 268 g/mol. The highest BCUT2D eigenvalue weighted by Gasteiger charge is 2.01. The summed E-state index contributed by atoms with van der Waals surface area (Å²) in [6.07, 6.45) is 0. The number of nitrogens with one attached hydrogen (secondary N) is 1. The zero-order valence-corrected chi connectivity index (χ0v) is 10.8. The quantitative estimate of drug-likeness (QED) is 0.922. The lowest BCUT2D eigenvalue weighted by molar-refractivity contribution is 1.15. The van der Waals surface area contributed by atoms with Gasteiger partial charge in [0.2, 0.25) is 0 Å². The zero-order chi connectivity index (χ0) is 13.7. The van der Waals surface area contributed by atoms with Gasteiger partial charge in [-0.2, -0.15) is 10.5 Å². The molecule has 1 N–H and O–H groups in total. The zero-order valence-electron chi connectivity index (χ0n) is 10.0. The maximum atomic E-state index is 8.79. The molecule has 2 aromatic rings. The van der Waals surface area contributed by atoms with Crippen LogP contribution in [-0.4, -0.2) is 0 Å². The van der Waals surface area contributed by atoms with Crippen LogP contribution in [0.5, 0.6) is 0 Å². The first-order chi connectivity index (χ1) is 9.22. The summed E-state index contributed by atoms with van der Waals surface area (Å²) in [7, 11) is 0. The molecule has 0 amide bonds. The second-order valence-electron chi connectivity index (χ2n) is 3.97. The van der Waals surface area contributed by atoms with Crippen molar-refractivity contribution in [1.82, 2.24) is 0 Å². The molecule has 0 spiro atoms. The Hall–Kier alpha value is -2.49. The van der Waals surface area contributed by atoms with Gasteiger partial charge in [0.05, 0.1) is 22.2 Å². The molecule has 0 saturated carbocycles. The molecule has 2 rings (SSSR count). The van der Waals surface area contributed by atoms with Crippen LogP contribution in [0, 0.1) is 22.7 Å². The van der Waals surface area contributed by atoms with Gasteiger partial charge >= 0.3 is 0 Å². The van der Waals surface area contributed by atoms with Gasteiger partial charge in [0.15, 0.2) is 0 Å². The molecule has 3 nitrogen and oxygen atoms in total. The van der Waals surface area contributed by atoms with Crippen molar-refractivity contribution in [3.05, 3.63) is 64.2 Å². The highest BCUT2D eigenvalue weighted by molar-refractivity contribution is 6.32. The summed E-state index contributed by atoms with van der Waals surface area (Å²) >= 11 is 5.95. The van der Waals surface area contributed by atoms with Gasteiger partial charge in [-0.3, -0.25) is 0 Å². The third kappa shape index (κ3) is 3.25. The number of benzene rings is 2. The molecule has 0 unspecified atom stereocenters. The van der Waals surface area contributed by atoms with Crippen molar-refractivity contribution in [2.24, 2.45) is 0 Å². The van der Waals surface area contributed by atoms with Crippen molar-refractivity contribution in [1.29, 1.82) is 10.5 Å². The van der Waals surface area contributed by atoms with Gasteiger partial charge < -0.3 is 5.32 Å². The molecule has 2 aromatic carbocycles. The van der Waals surface area contributed by atoms with Crippen LogP contribution >= 0.6 is 11.6 Å². The number of hydrogen-bond donors (Lipinski definition) is 1. The summed E-state index contributed by atoms with van der Waals surface area (Å²) in [5.41, 5.74) is 3.03. The minimum absolute atomic E-state index is 0.437. The molecule has 92 valence electrons. The summed E-state index contributed by atoms with van der Waals surface area (Å²) in [5.74, 6) is 0. The summed E-state index contributed by atoms with van der Waals surface area (Å²) in [6, 6.07) is 16.7. The number of halogens is 1. The molecule has 0 saturated heterocycles. The van der Waals surface area contributed by atoms with E-state index in [-0.39, 0.29) is 0 Å². The molecule has 0 aromatic heterocycles. The lowest BCUT2D eigenvalue weighted by atomic mass is 10.1. The van der Waals surface area contributed by atoms with E-state index in [9.17, 15) is 0 Å². The highest BCUT2D eigenvalue weighted by atomic mass is 35.5. The molecule has 0 heterocycles. The van der Waals surface area contributed by atoms with E-state index in [0.717, 1.165) is 11.3 Å². The Labute approximate surface area is 116 Å². The summed E-state index contributed by atoms with van der Waals surface area (Å²) in [5, 5.41) is 21.1. The van der Waals surface area contributed by atoms with E-state index in [0.29, 0.717) is 22.7 Å². The Morgan fingerprint density at radius 3 is 2.32 bits per heavy atom. The first-order valence-electron chi connectivity index (χ1n) is 5.65. The Morgan fingerprint density at radius 2 is 1.74 bits per heavy atom. The Bertz CT molecular complexity index is 663. The molecule has 0 aliphatic rings. The highest BCUT2D eigenvalue weighted by Crippen LogP contribution is 2.20. The number of anilines is 1. The van der Waals surface area contributed by atoms with Crippen LogP contribution in [0.4, 0.5) is 5.69 Å². The van der Waals surface area contributed by atoms with Crippen molar-refractivity contribution in [2.75, 3.05) is 5.32 Å².